The molecule has 30 heavy (non-hydrogen) atoms. The summed E-state index contributed by atoms with van der Waals surface area (Å²) in [6.07, 6.45) is 6.42. The summed E-state index contributed by atoms with van der Waals surface area (Å²) in [7, 11) is 1.75. The highest BCUT2D eigenvalue weighted by atomic mass is 16.5. The van der Waals surface area contributed by atoms with E-state index in [0.29, 0.717) is 29.9 Å². The highest BCUT2D eigenvalue weighted by Gasteiger charge is 2.47. The number of benzene rings is 1. The van der Waals surface area contributed by atoms with Crippen molar-refractivity contribution in [2.75, 3.05) is 37.4 Å². The topological polar surface area (TPSA) is 67.5 Å². The van der Waals surface area contributed by atoms with Gasteiger partial charge in [-0.15, -0.1) is 0 Å². The number of hydrogen-bond donors (Lipinski definition) is 1. The van der Waals surface area contributed by atoms with Gasteiger partial charge in [0.05, 0.1) is 7.11 Å². The van der Waals surface area contributed by atoms with Crippen LogP contribution >= 0.6 is 0 Å². The molecule has 2 N–H and O–H groups in total. The van der Waals surface area contributed by atoms with Crippen molar-refractivity contribution in [3.8, 4) is 5.75 Å². The van der Waals surface area contributed by atoms with Crippen LogP contribution in [0.3, 0.4) is 0 Å². The Morgan fingerprint density at radius 2 is 2.00 bits per heavy atom. The summed E-state index contributed by atoms with van der Waals surface area (Å²) in [5, 5.41) is 0. The lowest BCUT2D eigenvalue weighted by atomic mass is 9.71. The molecule has 3 saturated heterocycles. The lowest BCUT2D eigenvalue weighted by molar-refractivity contribution is -0.0318. The highest BCUT2D eigenvalue weighted by molar-refractivity contribution is 5.44. The van der Waals surface area contributed by atoms with Crippen LogP contribution in [0.2, 0.25) is 0 Å². The van der Waals surface area contributed by atoms with Gasteiger partial charge in [-0.2, -0.15) is 4.98 Å². The molecule has 6 nitrogen and oxygen atoms in total. The maximum absolute atomic E-state index is 5.98. The van der Waals surface area contributed by atoms with Crippen molar-refractivity contribution in [3.63, 3.8) is 0 Å². The van der Waals surface area contributed by atoms with Crippen LogP contribution in [-0.2, 0) is 6.42 Å². The van der Waals surface area contributed by atoms with Crippen molar-refractivity contribution >= 4 is 11.8 Å². The van der Waals surface area contributed by atoms with Gasteiger partial charge in [-0.25, -0.2) is 4.98 Å². The summed E-state index contributed by atoms with van der Waals surface area (Å²) in [6.45, 7) is 5.37. The molecule has 1 aromatic carbocycles. The van der Waals surface area contributed by atoms with Gasteiger partial charge in [0.15, 0.2) is 0 Å². The van der Waals surface area contributed by atoms with E-state index in [-0.39, 0.29) is 0 Å². The molecule has 0 amide bonds. The van der Waals surface area contributed by atoms with Crippen LogP contribution < -0.4 is 15.4 Å². The van der Waals surface area contributed by atoms with E-state index < -0.39 is 0 Å². The molecule has 3 aliphatic heterocycles. The van der Waals surface area contributed by atoms with E-state index in [2.05, 4.69) is 44.0 Å². The quantitative estimate of drug-likeness (QED) is 0.839. The second-order valence-electron chi connectivity index (χ2n) is 9.31. The van der Waals surface area contributed by atoms with Crippen LogP contribution in [-0.4, -0.2) is 53.7 Å². The van der Waals surface area contributed by atoms with E-state index >= 15 is 0 Å². The van der Waals surface area contributed by atoms with E-state index in [4.69, 9.17) is 10.5 Å². The maximum Gasteiger partial charge on any atom is 0.222 e. The Hall–Kier alpha value is -2.34. The van der Waals surface area contributed by atoms with Crippen LogP contribution in [0.25, 0.3) is 0 Å². The average Bonchev–Trinajstić information content (AvgIpc) is 2.76. The summed E-state index contributed by atoms with van der Waals surface area (Å²) >= 11 is 0. The molecule has 0 unspecified atom stereocenters. The van der Waals surface area contributed by atoms with Crippen LogP contribution in [0.1, 0.15) is 36.9 Å². The van der Waals surface area contributed by atoms with Gasteiger partial charge in [0.25, 0.3) is 0 Å². The first-order valence-electron chi connectivity index (χ1n) is 11.4. The predicted octanol–water partition coefficient (Wildman–Crippen LogP) is 3.30. The Morgan fingerprint density at radius 3 is 2.83 bits per heavy atom. The molecule has 4 heterocycles. The first-order chi connectivity index (χ1) is 14.6. The number of anilines is 2. The van der Waals surface area contributed by atoms with E-state index in [1.807, 2.05) is 13.0 Å². The van der Waals surface area contributed by atoms with Gasteiger partial charge in [0.2, 0.25) is 5.95 Å². The zero-order chi connectivity index (χ0) is 20.7. The van der Waals surface area contributed by atoms with Crippen LogP contribution in [0.4, 0.5) is 11.8 Å². The van der Waals surface area contributed by atoms with Crippen LogP contribution in [0.5, 0.6) is 5.75 Å². The van der Waals surface area contributed by atoms with E-state index in [1.54, 1.807) is 7.11 Å². The second kappa shape index (κ2) is 8.06. The van der Waals surface area contributed by atoms with Crippen molar-refractivity contribution in [2.45, 2.75) is 51.1 Å². The third-order valence-corrected chi connectivity index (χ3v) is 7.38. The van der Waals surface area contributed by atoms with Gasteiger partial charge < -0.3 is 15.4 Å². The molecule has 160 valence electrons. The van der Waals surface area contributed by atoms with Gasteiger partial charge in [-0.3, -0.25) is 4.90 Å². The molecule has 3 fully saturated rings. The predicted molar refractivity (Wildman–Crippen MR) is 120 cm³/mol. The Bertz CT molecular complexity index is 883. The molecule has 0 spiro atoms. The molecule has 1 aromatic heterocycles. The Morgan fingerprint density at radius 1 is 1.13 bits per heavy atom. The molecule has 4 atom stereocenters. The largest absolute Gasteiger partial charge is 0.497 e. The smallest absolute Gasteiger partial charge is 0.222 e. The number of nitrogens with two attached hydrogens (primary N) is 1. The zero-order valence-electron chi connectivity index (χ0n) is 18.1. The summed E-state index contributed by atoms with van der Waals surface area (Å²) in [5.41, 5.74) is 8.30. The van der Waals surface area contributed by atoms with Crippen molar-refractivity contribution in [1.82, 2.24) is 14.9 Å². The Labute approximate surface area is 179 Å². The molecule has 3 aliphatic rings. The minimum absolute atomic E-state index is 0.382. The molecule has 2 aromatic rings. The van der Waals surface area contributed by atoms with E-state index in [9.17, 15) is 0 Å². The summed E-state index contributed by atoms with van der Waals surface area (Å²) in [4.78, 5) is 14.2. The molecular weight excluding hydrogens is 374 g/mol. The van der Waals surface area contributed by atoms with E-state index in [1.165, 1.54) is 37.8 Å². The summed E-state index contributed by atoms with van der Waals surface area (Å²) in [5.74, 6) is 3.68. The molecule has 0 saturated carbocycles. The normalized spacial score (nSPS) is 28.8. The Balaban J connectivity index is 1.44. The summed E-state index contributed by atoms with van der Waals surface area (Å²) in [6, 6.07) is 12.0. The third-order valence-electron chi connectivity index (χ3n) is 7.38. The lowest BCUT2D eigenvalue weighted by Gasteiger charge is -2.57. The number of fused-ring (bicyclic) bond motifs is 4. The number of aryl methyl sites for hydroxylation is 1. The number of aromatic nitrogens is 2. The second-order valence-corrected chi connectivity index (χ2v) is 9.31. The number of methoxy groups -OCH3 is 1. The Kier molecular flexibility index (Phi) is 5.27. The SMILES string of the molecule is COc1cccc(C[C@H]2[C@H]3C[C@H](CN(c4cc(C)nc(N)n4)C3)[C@@H]3CCCCN32)c1. The molecule has 0 aliphatic carbocycles. The number of piperidine rings is 3. The van der Waals surface area contributed by atoms with Crippen molar-refractivity contribution in [3.05, 3.63) is 41.6 Å². The monoisotopic (exact) mass is 407 g/mol. The number of nitrogen functional groups attached to an aromatic ring is 1. The fraction of sp³-hybridized carbons (Fsp3) is 0.583. The zero-order valence-corrected chi connectivity index (χ0v) is 18.1. The molecule has 2 bridgehead atoms. The minimum atomic E-state index is 0.382. The van der Waals surface area contributed by atoms with Gasteiger partial charge in [-0.1, -0.05) is 18.6 Å². The van der Waals surface area contributed by atoms with Crippen LogP contribution in [0, 0.1) is 18.8 Å². The number of hydrogen-bond acceptors (Lipinski definition) is 6. The third kappa shape index (κ3) is 3.73. The first-order valence-corrected chi connectivity index (χ1v) is 11.4. The summed E-state index contributed by atoms with van der Waals surface area (Å²) < 4.78 is 5.48. The molecule has 6 heteroatoms. The van der Waals surface area contributed by atoms with Gasteiger partial charge >= 0.3 is 0 Å². The molecular formula is C24H33N5O. The van der Waals surface area contributed by atoms with Gasteiger partial charge in [0.1, 0.15) is 11.6 Å². The van der Waals surface area contributed by atoms with Crippen molar-refractivity contribution < 1.29 is 4.74 Å². The molecule has 5 rings (SSSR count). The van der Waals surface area contributed by atoms with Crippen LogP contribution in [0.15, 0.2) is 30.3 Å². The average molecular weight is 408 g/mol. The number of nitrogens with zero attached hydrogens (tertiary/aromatic N) is 4. The standard InChI is InChI=1S/C24H33N5O/c1-16-10-23(27-24(25)26-16)28-14-18-13-19(15-28)22(29-9-4-3-8-21(18)29)12-17-6-5-7-20(11-17)30-2/h5-7,10-11,18-19,21-22H,3-4,8-9,12-15H2,1-2H3,(H2,25,26,27)/t18-,19+,21+,22+/m1/s1. The van der Waals surface area contributed by atoms with E-state index in [0.717, 1.165) is 36.8 Å². The molecule has 0 radical (unpaired) electrons. The lowest BCUT2D eigenvalue weighted by Crippen LogP contribution is -2.64. The first kappa shape index (κ1) is 19.6. The van der Waals surface area contributed by atoms with Crippen molar-refractivity contribution in [1.29, 1.82) is 0 Å². The maximum atomic E-state index is 5.98. The van der Waals surface area contributed by atoms with Gasteiger partial charge in [0, 0.05) is 36.9 Å². The number of rotatable bonds is 4. The fourth-order valence-electron chi connectivity index (χ4n) is 6.15. The number of ether oxygens (including phenoxy) is 1. The fourth-order valence-corrected chi connectivity index (χ4v) is 6.15. The minimum Gasteiger partial charge on any atom is -0.497 e. The highest BCUT2D eigenvalue weighted by Crippen LogP contribution is 2.43. The van der Waals surface area contributed by atoms with Crippen molar-refractivity contribution in [2.24, 2.45) is 11.8 Å². The van der Waals surface area contributed by atoms with Gasteiger partial charge in [-0.05, 0) is 68.7 Å².